The van der Waals surface area contributed by atoms with Gasteiger partial charge < -0.3 is 24.8 Å². The second-order valence-electron chi connectivity index (χ2n) is 9.55. The number of anilines is 1. The van der Waals surface area contributed by atoms with E-state index in [1.807, 2.05) is 30.3 Å². The van der Waals surface area contributed by atoms with Crippen molar-refractivity contribution < 1.29 is 33.0 Å². The van der Waals surface area contributed by atoms with Crippen LogP contribution >= 0.6 is 7.75 Å². The van der Waals surface area contributed by atoms with Crippen molar-refractivity contribution in [2.45, 2.75) is 51.4 Å². The molecule has 41 heavy (non-hydrogen) atoms. The second kappa shape index (κ2) is 12.3. The second-order valence-corrected chi connectivity index (χ2v) is 11.2. The van der Waals surface area contributed by atoms with Crippen LogP contribution in [0.1, 0.15) is 31.0 Å². The van der Waals surface area contributed by atoms with E-state index in [-0.39, 0.29) is 31.2 Å². The molecular formula is C27H31N6O7P. The predicted octanol–water partition coefficient (Wildman–Crippen LogP) is 3.29. The number of aromatic nitrogens is 4. The Bertz CT molecular complexity index is 1540. The highest BCUT2D eigenvalue weighted by Crippen LogP contribution is 2.46. The molecule has 1 aliphatic heterocycles. The number of aryl methyl sites for hydroxylation is 1. The van der Waals surface area contributed by atoms with Crippen molar-refractivity contribution in [1.29, 1.82) is 0 Å². The van der Waals surface area contributed by atoms with E-state index in [1.54, 1.807) is 41.8 Å². The molecule has 216 valence electrons. The van der Waals surface area contributed by atoms with Gasteiger partial charge in [0.2, 0.25) is 0 Å². The summed E-state index contributed by atoms with van der Waals surface area (Å²) in [6.07, 6.45) is -0.749. The average Bonchev–Trinajstić information content (AvgIpc) is 3.54. The molecule has 13 nitrogen and oxygen atoms in total. The number of esters is 1. The van der Waals surface area contributed by atoms with Crippen molar-refractivity contribution in [3.8, 4) is 5.75 Å². The number of nitrogens with one attached hydrogen (secondary N) is 1. The zero-order valence-corrected chi connectivity index (χ0v) is 23.4. The molecule has 1 fully saturated rings. The number of hydrogen-bond donors (Lipinski definition) is 3. The molecule has 5 atom stereocenters. The Morgan fingerprint density at radius 1 is 1.20 bits per heavy atom. The van der Waals surface area contributed by atoms with Crippen LogP contribution in [0.5, 0.6) is 5.75 Å². The van der Waals surface area contributed by atoms with E-state index >= 15 is 0 Å². The number of hydrogen-bond acceptors (Lipinski definition) is 11. The fourth-order valence-electron chi connectivity index (χ4n) is 4.32. The molecule has 2 aromatic heterocycles. The highest BCUT2D eigenvalue weighted by Gasteiger charge is 2.40. The van der Waals surface area contributed by atoms with Crippen LogP contribution in [0.25, 0.3) is 11.2 Å². The Morgan fingerprint density at radius 2 is 1.90 bits per heavy atom. The van der Waals surface area contributed by atoms with Gasteiger partial charge in [-0.25, -0.2) is 19.5 Å². The van der Waals surface area contributed by atoms with E-state index < -0.39 is 38.2 Å². The number of imidazole rings is 1. The van der Waals surface area contributed by atoms with Gasteiger partial charge in [0.1, 0.15) is 42.1 Å². The van der Waals surface area contributed by atoms with Crippen LogP contribution in [-0.4, -0.2) is 55.5 Å². The van der Waals surface area contributed by atoms with Crippen molar-refractivity contribution in [1.82, 2.24) is 24.6 Å². The zero-order valence-electron chi connectivity index (χ0n) is 22.5. The Morgan fingerprint density at radius 3 is 2.63 bits per heavy atom. The molecule has 4 N–H and O–H groups in total. The summed E-state index contributed by atoms with van der Waals surface area (Å²) in [7, 11) is -4.16. The summed E-state index contributed by atoms with van der Waals surface area (Å²) >= 11 is 0. The molecule has 0 spiro atoms. The number of carbonyl (C=O) groups is 1. The molecular weight excluding hydrogens is 551 g/mol. The molecule has 0 amide bonds. The quantitative estimate of drug-likeness (QED) is 0.174. The van der Waals surface area contributed by atoms with Gasteiger partial charge in [-0.3, -0.25) is 13.9 Å². The lowest BCUT2D eigenvalue weighted by Crippen LogP contribution is -2.36. The Balaban J connectivity index is 1.26. The zero-order chi connectivity index (χ0) is 29.0. The molecule has 5 rings (SSSR count). The Hall–Kier alpha value is -3.87. The molecule has 2 aromatic carbocycles. The van der Waals surface area contributed by atoms with Crippen molar-refractivity contribution in [3.63, 3.8) is 0 Å². The van der Waals surface area contributed by atoms with E-state index in [0.29, 0.717) is 17.0 Å². The van der Waals surface area contributed by atoms with Crippen molar-refractivity contribution in [3.05, 3.63) is 78.4 Å². The van der Waals surface area contributed by atoms with Crippen LogP contribution in [0.2, 0.25) is 0 Å². The molecule has 0 radical (unpaired) electrons. The lowest BCUT2D eigenvalue weighted by atomic mass is 10.2. The first kappa shape index (κ1) is 28.7. The minimum Gasteiger partial charge on any atom is -0.460 e. The number of nitrogens with two attached hydrogens (primary N) is 1. The van der Waals surface area contributed by atoms with Gasteiger partial charge in [-0.15, -0.1) is 0 Å². The van der Waals surface area contributed by atoms with Crippen LogP contribution in [0.15, 0.2) is 67.0 Å². The molecule has 14 heteroatoms. The number of nitrogens with zero attached hydrogens (tertiary/aromatic N) is 4. The van der Waals surface area contributed by atoms with E-state index in [1.165, 1.54) is 13.3 Å². The first-order valence-corrected chi connectivity index (χ1v) is 14.5. The van der Waals surface area contributed by atoms with Gasteiger partial charge in [-0.2, -0.15) is 5.09 Å². The van der Waals surface area contributed by atoms with Crippen LogP contribution in [0.3, 0.4) is 0 Å². The predicted molar refractivity (Wildman–Crippen MR) is 148 cm³/mol. The summed E-state index contributed by atoms with van der Waals surface area (Å²) in [6.45, 7) is 2.96. The fourth-order valence-corrected chi connectivity index (χ4v) is 5.83. The summed E-state index contributed by atoms with van der Waals surface area (Å²) in [5, 5.41) is 13.4. The molecule has 1 aliphatic rings. The van der Waals surface area contributed by atoms with Gasteiger partial charge in [-0.05, 0) is 31.5 Å². The standard InChI is InChI=1S/C27H31N6O7P/c1-17(27(35)37-14-19-9-5-3-6-10-19)32-41(36,40-20-11-7-4-8-12-20)38-15-22-21(34)13-23(39-22)33-16-29-24-25(28)30-18(2)31-26(24)33/h3-12,16-17,21-23,34H,13-15H2,1-2H3,(H,32,36)(H2,28,30,31)/t17-,21?,22+,23+,41?/m0/s1. The third-order valence-corrected chi connectivity index (χ3v) is 8.03. The highest BCUT2D eigenvalue weighted by atomic mass is 31.2. The van der Waals surface area contributed by atoms with Crippen molar-refractivity contribution >= 4 is 30.7 Å². The third-order valence-electron chi connectivity index (χ3n) is 6.38. The van der Waals surface area contributed by atoms with Gasteiger partial charge in [0.05, 0.1) is 19.0 Å². The summed E-state index contributed by atoms with van der Waals surface area (Å²) in [4.78, 5) is 25.5. The number of fused-ring (bicyclic) bond motifs is 1. The average molecular weight is 583 g/mol. The SMILES string of the molecule is Cc1nc(N)c2ncn([C@H]3CC(O)[C@@H](COP(=O)(N[C@@H](C)C(=O)OCc4ccccc4)Oc4ccccc4)O3)c2n1. The highest BCUT2D eigenvalue weighted by molar-refractivity contribution is 7.52. The number of rotatable bonds is 11. The lowest BCUT2D eigenvalue weighted by molar-refractivity contribution is -0.146. The molecule has 2 unspecified atom stereocenters. The maximum atomic E-state index is 13.8. The molecule has 0 bridgehead atoms. The number of benzene rings is 2. The number of nitrogen functional groups attached to an aromatic ring is 1. The number of carbonyl (C=O) groups excluding carboxylic acids is 1. The van der Waals surface area contributed by atoms with Crippen LogP contribution in [0, 0.1) is 6.92 Å². The first-order valence-electron chi connectivity index (χ1n) is 13.0. The number of aliphatic hydroxyl groups is 1. The molecule has 4 aromatic rings. The first-order chi connectivity index (χ1) is 19.7. The number of para-hydroxylation sites is 1. The Kier molecular flexibility index (Phi) is 8.62. The van der Waals surface area contributed by atoms with Crippen LogP contribution < -0.4 is 15.3 Å². The largest absolute Gasteiger partial charge is 0.460 e. The van der Waals surface area contributed by atoms with Crippen LogP contribution in [-0.2, 0) is 30.0 Å². The summed E-state index contributed by atoms with van der Waals surface area (Å²) < 4.78 is 38.3. The monoisotopic (exact) mass is 582 g/mol. The third kappa shape index (κ3) is 6.89. The minimum atomic E-state index is -4.16. The van der Waals surface area contributed by atoms with Gasteiger partial charge >= 0.3 is 13.7 Å². The fraction of sp³-hybridized carbons (Fsp3) is 0.333. The molecule has 0 aliphatic carbocycles. The summed E-state index contributed by atoms with van der Waals surface area (Å²) in [5.74, 6) is 0.328. The van der Waals surface area contributed by atoms with E-state index in [9.17, 15) is 14.5 Å². The van der Waals surface area contributed by atoms with Gasteiger partial charge in [0.15, 0.2) is 11.5 Å². The Labute approximate surface area is 236 Å². The van der Waals surface area contributed by atoms with E-state index in [2.05, 4.69) is 20.0 Å². The minimum absolute atomic E-state index is 0.0545. The van der Waals surface area contributed by atoms with Crippen molar-refractivity contribution in [2.24, 2.45) is 0 Å². The summed E-state index contributed by atoms with van der Waals surface area (Å²) in [6, 6.07) is 16.5. The van der Waals surface area contributed by atoms with Gasteiger partial charge in [0, 0.05) is 6.42 Å². The van der Waals surface area contributed by atoms with Gasteiger partial charge in [0.25, 0.3) is 0 Å². The number of ether oxygens (including phenoxy) is 2. The summed E-state index contributed by atoms with van der Waals surface area (Å²) in [5.41, 5.74) is 7.67. The van der Waals surface area contributed by atoms with Crippen LogP contribution in [0.4, 0.5) is 5.82 Å². The lowest BCUT2D eigenvalue weighted by Gasteiger charge is -2.24. The molecule has 1 saturated heterocycles. The molecule has 3 heterocycles. The maximum Gasteiger partial charge on any atom is 0.459 e. The van der Waals surface area contributed by atoms with E-state index in [4.69, 9.17) is 24.3 Å². The van der Waals surface area contributed by atoms with Gasteiger partial charge in [-0.1, -0.05) is 48.5 Å². The number of aliphatic hydroxyl groups excluding tert-OH is 1. The smallest absolute Gasteiger partial charge is 0.459 e. The maximum absolute atomic E-state index is 13.8. The normalized spacial score (nSPS) is 20.9. The van der Waals surface area contributed by atoms with E-state index in [0.717, 1.165) is 5.56 Å². The topological polar surface area (TPSA) is 173 Å². The van der Waals surface area contributed by atoms with Crippen molar-refractivity contribution in [2.75, 3.05) is 12.3 Å². The molecule has 0 saturated carbocycles.